The fraction of sp³-hybridized carbons (Fsp3) is 0.429. The van der Waals surface area contributed by atoms with Crippen molar-refractivity contribution in [3.63, 3.8) is 0 Å². The third-order valence-electron chi connectivity index (χ3n) is 5.24. The number of anilines is 1. The minimum Gasteiger partial charge on any atom is -0.356 e. The highest BCUT2D eigenvalue weighted by Crippen LogP contribution is 2.26. The van der Waals surface area contributed by atoms with Crippen LogP contribution < -0.4 is 4.90 Å². The average molecular weight is 337 g/mol. The fourth-order valence-electron chi connectivity index (χ4n) is 3.69. The molecule has 1 aromatic heterocycles. The zero-order valence-electron chi connectivity index (χ0n) is 15.1. The van der Waals surface area contributed by atoms with E-state index in [0.29, 0.717) is 6.04 Å². The molecule has 132 valence electrons. The lowest BCUT2D eigenvalue weighted by atomic mass is 9.93. The molecule has 1 aromatic carbocycles. The number of piperidine rings is 1. The fourth-order valence-corrected chi connectivity index (χ4v) is 3.69. The number of amides is 1. The highest BCUT2D eigenvalue weighted by Gasteiger charge is 2.29. The maximum Gasteiger partial charge on any atom is 0.230 e. The molecule has 0 aliphatic carbocycles. The van der Waals surface area contributed by atoms with Crippen molar-refractivity contribution in [3.8, 4) is 0 Å². The smallest absolute Gasteiger partial charge is 0.230 e. The molecule has 3 rings (SSSR count). The molecule has 1 amide bonds. The van der Waals surface area contributed by atoms with E-state index in [1.807, 2.05) is 48.5 Å². The van der Waals surface area contributed by atoms with Crippen LogP contribution in [0.3, 0.4) is 0 Å². The predicted octanol–water partition coefficient (Wildman–Crippen LogP) is 3.70. The van der Waals surface area contributed by atoms with Crippen LogP contribution in [0.4, 0.5) is 5.82 Å². The number of aromatic nitrogens is 1. The molecule has 0 spiro atoms. The van der Waals surface area contributed by atoms with E-state index in [-0.39, 0.29) is 11.8 Å². The quantitative estimate of drug-likeness (QED) is 0.835. The number of benzene rings is 1. The summed E-state index contributed by atoms with van der Waals surface area (Å²) in [5.74, 6) is 1.23. The Kier molecular flexibility index (Phi) is 5.69. The molecule has 0 unspecified atom stereocenters. The van der Waals surface area contributed by atoms with E-state index in [2.05, 4.69) is 35.0 Å². The monoisotopic (exact) mass is 337 g/mol. The molecular weight excluding hydrogens is 310 g/mol. The summed E-state index contributed by atoms with van der Waals surface area (Å²) >= 11 is 0. The summed E-state index contributed by atoms with van der Waals surface area (Å²) in [6, 6.07) is 16.5. The van der Waals surface area contributed by atoms with Gasteiger partial charge in [0.2, 0.25) is 5.91 Å². The lowest BCUT2D eigenvalue weighted by Gasteiger charge is -2.38. The van der Waals surface area contributed by atoms with Gasteiger partial charge in [-0.25, -0.2) is 4.98 Å². The second-order valence-corrected chi connectivity index (χ2v) is 6.73. The number of likely N-dealkylation sites (N-methyl/N-ethyl adjacent to an activating group) is 1. The summed E-state index contributed by atoms with van der Waals surface area (Å²) in [4.78, 5) is 21.8. The number of carbonyl (C=O) groups excluding carboxylic acids is 1. The van der Waals surface area contributed by atoms with Gasteiger partial charge in [0.1, 0.15) is 5.82 Å². The summed E-state index contributed by atoms with van der Waals surface area (Å²) < 4.78 is 0. The molecule has 0 N–H and O–H groups in total. The lowest BCUT2D eigenvalue weighted by molar-refractivity contribution is -0.134. The van der Waals surface area contributed by atoms with Crippen molar-refractivity contribution < 1.29 is 4.79 Å². The van der Waals surface area contributed by atoms with Gasteiger partial charge in [0.15, 0.2) is 0 Å². The van der Waals surface area contributed by atoms with E-state index in [0.717, 1.165) is 43.7 Å². The predicted molar refractivity (Wildman–Crippen MR) is 102 cm³/mol. The van der Waals surface area contributed by atoms with Crippen LogP contribution in [0, 0.1) is 0 Å². The van der Waals surface area contributed by atoms with Crippen LogP contribution in [-0.4, -0.2) is 42.0 Å². The van der Waals surface area contributed by atoms with Gasteiger partial charge in [-0.1, -0.05) is 43.3 Å². The second-order valence-electron chi connectivity index (χ2n) is 6.73. The summed E-state index contributed by atoms with van der Waals surface area (Å²) in [6.45, 7) is 3.98. The van der Waals surface area contributed by atoms with E-state index >= 15 is 0 Å². The van der Waals surface area contributed by atoms with Gasteiger partial charge in [-0.05, 0) is 37.0 Å². The van der Waals surface area contributed by atoms with Crippen LogP contribution in [0.2, 0.25) is 0 Å². The standard InChI is InChI=1S/C21H27N3O/c1-3-19(17-9-5-4-6-10-17)21(25)23(2)18-12-15-24(16-13-18)20-11-7-8-14-22-20/h4-11,14,18-19H,3,12-13,15-16H2,1-2H3/t19-/m1/s1. The Bertz CT molecular complexity index is 666. The Morgan fingerprint density at radius 2 is 1.84 bits per heavy atom. The van der Waals surface area contributed by atoms with Gasteiger partial charge in [0.25, 0.3) is 0 Å². The molecule has 0 radical (unpaired) electrons. The first-order valence-corrected chi connectivity index (χ1v) is 9.18. The molecule has 0 saturated carbocycles. The zero-order valence-corrected chi connectivity index (χ0v) is 15.1. The van der Waals surface area contributed by atoms with Gasteiger partial charge in [-0.15, -0.1) is 0 Å². The Labute approximate surface area is 150 Å². The molecule has 4 nitrogen and oxygen atoms in total. The van der Waals surface area contributed by atoms with Crippen molar-refractivity contribution in [2.45, 2.75) is 38.1 Å². The summed E-state index contributed by atoms with van der Waals surface area (Å²) in [6.07, 6.45) is 4.65. The maximum absolute atomic E-state index is 13.0. The van der Waals surface area contributed by atoms with Crippen molar-refractivity contribution in [2.24, 2.45) is 0 Å². The molecule has 25 heavy (non-hydrogen) atoms. The van der Waals surface area contributed by atoms with E-state index < -0.39 is 0 Å². The summed E-state index contributed by atoms with van der Waals surface area (Å²) in [7, 11) is 1.97. The Balaban J connectivity index is 1.62. The molecule has 1 saturated heterocycles. The zero-order chi connectivity index (χ0) is 17.6. The average Bonchev–Trinajstić information content (AvgIpc) is 2.69. The number of rotatable bonds is 5. The largest absolute Gasteiger partial charge is 0.356 e. The van der Waals surface area contributed by atoms with Crippen molar-refractivity contribution in [3.05, 3.63) is 60.3 Å². The van der Waals surface area contributed by atoms with Gasteiger partial charge < -0.3 is 9.80 Å². The molecule has 1 aliphatic heterocycles. The van der Waals surface area contributed by atoms with E-state index in [4.69, 9.17) is 0 Å². The Hall–Kier alpha value is -2.36. The third-order valence-corrected chi connectivity index (χ3v) is 5.24. The first-order chi connectivity index (χ1) is 12.2. The summed E-state index contributed by atoms with van der Waals surface area (Å²) in [5, 5.41) is 0. The van der Waals surface area contributed by atoms with Crippen molar-refractivity contribution in [1.82, 2.24) is 9.88 Å². The number of nitrogens with zero attached hydrogens (tertiary/aromatic N) is 3. The Morgan fingerprint density at radius 3 is 2.44 bits per heavy atom. The second kappa shape index (κ2) is 8.15. The highest BCUT2D eigenvalue weighted by atomic mass is 16.2. The first-order valence-electron chi connectivity index (χ1n) is 9.18. The lowest BCUT2D eigenvalue weighted by Crippen LogP contribution is -2.47. The van der Waals surface area contributed by atoms with Gasteiger partial charge in [0.05, 0.1) is 5.92 Å². The molecule has 1 aliphatic rings. The number of pyridine rings is 1. The highest BCUT2D eigenvalue weighted by molar-refractivity contribution is 5.83. The Morgan fingerprint density at radius 1 is 1.16 bits per heavy atom. The molecule has 1 atom stereocenters. The third kappa shape index (κ3) is 4.01. The molecule has 1 fully saturated rings. The first kappa shape index (κ1) is 17.5. The SMILES string of the molecule is CC[C@@H](C(=O)N(C)C1CCN(c2ccccn2)CC1)c1ccccc1. The topological polar surface area (TPSA) is 36.4 Å². The number of hydrogen-bond donors (Lipinski definition) is 0. The van der Waals surface area contributed by atoms with Crippen molar-refractivity contribution in [1.29, 1.82) is 0 Å². The van der Waals surface area contributed by atoms with Crippen LogP contribution in [0.5, 0.6) is 0 Å². The summed E-state index contributed by atoms with van der Waals surface area (Å²) in [5.41, 5.74) is 1.12. The van der Waals surface area contributed by atoms with E-state index in [1.54, 1.807) is 0 Å². The number of carbonyl (C=O) groups is 1. The number of hydrogen-bond acceptors (Lipinski definition) is 3. The molecular formula is C21H27N3O. The molecule has 2 aromatic rings. The van der Waals surface area contributed by atoms with Gasteiger partial charge in [0, 0.05) is 32.4 Å². The van der Waals surface area contributed by atoms with Crippen LogP contribution >= 0.6 is 0 Å². The van der Waals surface area contributed by atoms with Crippen LogP contribution in [0.1, 0.15) is 37.7 Å². The van der Waals surface area contributed by atoms with Gasteiger partial charge in [-0.3, -0.25) is 4.79 Å². The molecule has 2 heterocycles. The van der Waals surface area contributed by atoms with Crippen molar-refractivity contribution in [2.75, 3.05) is 25.0 Å². The van der Waals surface area contributed by atoms with Crippen LogP contribution in [0.15, 0.2) is 54.7 Å². The van der Waals surface area contributed by atoms with Gasteiger partial charge >= 0.3 is 0 Å². The minimum absolute atomic E-state index is 0.0416. The van der Waals surface area contributed by atoms with Crippen LogP contribution in [-0.2, 0) is 4.79 Å². The molecule has 4 heteroatoms. The van der Waals surface area contributed by atoms with Crippen LogP contribution in [0.25, 0.3) is 0 Å². The van der Waals surface area contributed by atoms with E-state index in [9.17, 15) is 4.79 Å². The van der Waals surface area contributed by atoms with Gasteiger partial charge in [-0.2, -0.15) is 0 Å². The minimum atomic E-state index is -0.0416. The normalized spacial score (nSPS) is 16.5. The maximum atomic E-state index is 13.0. The van der Waals surface area contributed by atoms with E-state index in [1.165, 1.54) is 0 Å². The van der Waals surface area contributed by atoms with Crippen molar-refractivity contribution >= 4 is 11.7 Å². The molecule has 0 bridgehead atoms.